The molecule has 2 rings (SSSR count). The van der Waals surface area contributed by atoms with Gasteiger partial charge in [0.25, 0.3) is 0 Å². The predicted octanol–water partition coefficient (Wildman–Crippen LogP) is 2.54. The first-order valence-electron chi connectivity index (χ1n) is 7.55. The molecule has 1 aliphatic heterocycles. The van der Waals surface area contributed by atoms with E-state index in [1.54, 1.807) is 0 Å². The van der Waals surface area contributed by atoms with Crippen molar-refractivity contribution < 1.29 is 4.79 Å². The Bertz CT molecular complexity index is 467. The topological polar surface area (TPSA) is 32.3 Å². The van der Waals surface area contributed by atoms with Gasteiger partial charge in [-0.05, 0) is 43.4 Å². The van der Waals surface area contributed by atoms with Gasteiger partial charge in [0.15, 0.2) is 0 Å². The third kappa shape index (κ3) is 3.40. The number of hydrogen-bond acceptors (Lipinski definition) is 2. The Balaban J connectivity index is 2.08. The summed E-state index contributed by atoms with van der Waals surface area (Å²) in [7, 11) is 0. The zero-order valence-corrected chi connectivity index (χ0v) is 13.1. The van der Waals surface area contributed by atoms with Crippen LogP contribution in [0.25, 0.3) is 0 Å². The summed E-state index contributed by atoms with van der Waals surface area (Å²) in [4.78, 5) is 14.4. The molecule has 20 heavy (non-hydrogen) atoms. The van der Waals surface area contributed by atoms with Gasteiger partial charge < -0.3 is 10.2 Å². The summed E-state index contributed by atoms with van der Waals surface area (Å²) in [6, 6.07) is 4.43. The zero-order valence-electron chi connectivity index (χ0n) is 13.1. The lowest BCUT2D eigenvalue weighted by atomic mass is 9.88. The van der Waals surface area contributed by atoms with Crippen LogP contribution in [0.15, 0.2) is 12.1 Å². The minimum Gasteiger partial charge on any atom is -0.340 e. The van der Waals surface area contributed by atoms with E-state index in [1.165, 1.54) is 22.3 Å². The molecule has 0 saturated carbocycles. The molecule has 3 heteroatoms. The molecule has 1 saturated heterocycles. The minimum absolute atomic E-state index is 0.290. The number of benzene rings is 1. The lowest BCUT2D eigenvalue weighted by Gasteiger charge is -2.29. The van der Waals surface area contributed by atoms with E-state index in [2.05, 4.69) is 45.1 Å². The highest BCUT2D eigenvalue weighted by atomic mass is 16.2. The van der Waals surface area contributed by atoms with Crippen LogP contribution in [0.1, 0.15) is 41.5 Å². The Kier molecular flexibility index (Phi) is 4.81. The molecule has 1 aromatic rings. The quantitative estimate of drug-likeness (QED) is 0.918. The molecule has 0 aliphatic carbocycles. The molecule has 1 fully saturated rings. The second-order valence-electron chi connectivity index (χ2n) is 6.05. The van der Waals surface area contributed by atoms with Crippen molar-refractivity contribution >= 4 is 5.91 Å². The summed E-state index contributed by atoms with van der Waals surface area (Å²) in [5.41, 5.74) is 5.26. The molecule has 0 aromatic heterocycles. The van der Waals surface area contributed by atoms with Crippen LogP contribution in [0.2, 0.25) is 0 Å². The second-order valence-corrected chi connectivity index (χ2v) is 6.05. The van der Waals surface area contributed by atoms with Crippen molar-refractivity contribution in [1.29, 1.82) is 0 Å². The number of carbonyl (C=O) groups is 1. The second kappa shape index (κ2) is 6.40. The Morgan fingerprint density at radius 1 is 1.20 bits per heavy atom. The van der Waals surface area contributed by atoms with Crippen molar-refractivity contribution in [2.24, 2.45) is 0 Å². The summed E-state index contributed by atoms with van der Waals surface area (Å²) in [6.07, 6.45) is 0.616. The molecule has 0 radical (unpaired) electrons. The molecule has 1 atom stereocenters. The molecule has 0 spiro atoms. The van der Waals surface area contributed by atoms with Crippen molar-refractivity contribution in [3.63, 3.8) is 0 Å². The van der Waals surface area contributed by atoms with E-state index in [4.69, 9.17) is 0 Å². The van der Waals surface area contributed by atoms with Gasteiger partial charge in [0.1, 0.15) is 0 Å². The fourth-order valence-electron chi connectivity index (χ4n) is 3.38. The smallest absolute Gasteiger partial charge is 0.223 e. The maximum absolute atomic E-state index is 12.4. The van der Waals surface area contributed by atoms with E-state index in [0.29, 0.717) is 12.3 Å². The van der Waals surface area contributed by atoms with Crippen LogP contribution in [0.3, 0.4) is 0 Å². The van der Waals surface area contributed by atoms with Gasteiger partial charge in [-0.1, -0.05) is 24.6 Å². The van der Waals surface area contributed by atoms with Crippen LogP contribution in [-0.4, -0.2) is 37.0 Å². The summed E-state index contributed by atoms with van der Waals surface area (Å²) in [6.45, 7) is 12.1. The van der Waals surface area contributed by atoms with Crippen molar-refractivity contribution in [3.8, 4) is 0 Å². The molecule has 1 unspecified atom stereocenters. The van der Waals surface area contributed by atoms with E-state index >= 15 is 0 Å². The molecular formula is C17H26N2O. The molecule has 0 bridgehead atoms. The number of carbonyl (C=O) groups excluding carboxylic acids is 1. The monoisotopic (exact) mass is 274 g/mol. The van der Waals surface area contributed by atoms with Crippen molar-refractivity contribution in [2.45, 2.75) is 40.0 Å². The Labute approximate surface area is 122 Å². The van der Waals surface area contributed by atoms with Gasteiger partial charge >= 0.3 is 0 Å². The van der Waals surface area contributed by atoms with Crippen molar-refractivity contribution in [2.75, 3.05) is 26.2 Å². The van der Waals surface area contributed by atoms with Gasteiger partial charge in [-0.3, -0.25) is 4.79 Å². The molecule has 1 aromatic carbocycles. The standard InChI is InChI=1S/C17H26N2O/c1-12-9-13(2)17(14(3)10-12)15(4)11-16(20)19-7-5-18-6-8-19/h9-10,15,18H,5-8,11H2,1-4H3. The van der Waals surface area contributed by atoms with Gasteiger partial charge in [-0.2, -0.15) is 0 Å². The molecule has 1 amide bonds. The molecule has 110 valence electrons. The minimum atomic E-state index is 0.290. The van der Waals surface area contributed by atoms with Crippen molar-refractivity contribution in [1.82, 2.24) is 10.2 Å². The maximum Gasteiger partial charge on any atom is 0.223 e. The summed E-state index contributed by atoms with van der Waals surface area (Å²) < 4.78 is 0. The first kappa shape index (κ1) is 15.0. The SMILES string of the molecule is Cc1cc(C)c(C(C)CC(=O)N2CCNCC2)c(C)c1. The van der Waals surface area contributed by atoms with Crippen molar-refractivity contribution in [3.05, 3.63) is 34.4 Å². The molecule has 3 nitrogen and oxygen atoms in total. The molecule has 1 heterocycles. The van der Waals surface area contributed by atoms with Gasteiger partial charge in [-0.15, -0.1) is 0 Å². The highest BCUT2D eigenvalue weighted by molar-refractivity contribution is 5.77. The Hall–Kier alpha value is -1.35. The molecule has 1 aliphatic rings. The van der Waals surface area contributed by atoms with E-state index in [0.717, 1.165) is 26.2 Å². The highest BCUT2D eigenvalue weighted by Crippen LogP contribution is 2.28. The number of nitrogens with zero attached hydrogens (tertiary/aromatic N) is 1. The zero-order chi connectivity index (χ0) is 14.7. The number of rotatable bonds is 3. The van der Waals surface area contributed by atoms with Crippen LogP contribution in [0, 0.1) is 20.8 Å². The van der Waals surface area contributed by atoms with E-state index in [1.807, 2.05) is 4.90 Å². The van der Waals surface area contributed by atoms with Crippen LogP contribution in [-0.2, 0) is 4.79 Å². The van der Waals surface area contributed by atoms with Gasteiger partial charge in [0.2, 0.25) is 5.91 Å². The third-order valence-corrected chi connectivity index (χ3v) is 4.18. The highest BCUT2D eigenvalue weighted by Gasteiger charge is 2.21. The van der Waals surface area contributed by atoms with E-state index in [9.17, 15) is 4.79 Å². The summed E-state index contributed by atoms with van der Waals surface area (Å²) in [5.74, 6) is 0.580. The lowest BCUT2D eigenvalue weighted by Crippen LogP contribution is -2.46. The first-order chi connectivity index (χ1) is 9.49. The third-order valence-electron chi connectivity index (χ3n) is 4.18. The average Bonchev–Trinajstić information content (AvgIpc) is 2.38. The number of nitrogens with one attached hydrogen (secondary N) is 1. The van der Waals surface area contributed by atoms with Crippen LogP contribution in [0.5, 0.6) is 0 Å². The molecular weight excluding hydrogens is 248 g/mol. The van der Waals surface area contributed by atoms with E-state index in [-0.39, 0.29) is 5.92 Å². The normalized spacial score (nSPS) is 17.1. The number of hydrogen-bond donors (Lipinski definition) is 1. The van der Waals surface area contributed by atoms with Crippen LogP contribution < -0.4 is 5.32 Å². The summed E-state index contributed by atoms with van der Waals surface area (Å²) >= 11 is 0. The van der Waals surface area contributed by atoms with E-state index < -0.39 is 0 Å². The first-order valence-corrected chi connectivity index (χ1v) is 7.55. The largest absolute Gasteiger partial charge is 0.340 e. The number of amides is 1. The maximum atomic E-state index is 12.4. The fraction of sp³-hybridized carbons (Fsp3) is 0.588. The fourth-order valence-corrected chi connectivity index (χ4v) is 3.38. The lowest BCUT2D eigenvalue weighted by molar-refractivity contribution is -0.132. The average molecular weight is 274 g/mol. The molecule has 1 N–H and O–H groups in total. The van der Waals surface area contributed by atoms with Gasteiger partial charge in [-0.25, -0.2) is 0 Å². The number of aryl methyl sites for hydroxylation is 3. The van der Waals surface area contributed by atoms with Gasteiger partial charge in [0.05, 0.1) is 0 Å². The van der Waals surface area contributed by atoms with Crippen LogP contribution >= 0.6 is 0 Å². The Morgan fingerprint density at radius 3 is 2.30 bits per heavy atom. The predicted molar refractivity (Wildman–Crippen MR) is 83.1 cm³/mol. The van der Waals surface area contributed by atoms with Gasteiger partial charge in [0, 0.05) is 32.6 Å². The Morgan fingerprint density at radius 2 is 1.75 bits per heavy atom. The summed E-state index contributed by atoms with van der Waals surface area (Å²) in [5, 5.41) is 3.29. The van der Waals surface area contributed by atoms with Crippen LogP contribution in [0.4, 0.5) is 0 Å². The number of piperazine rings is 1.